The monoisotopic (exact) mass is 289 g/mol. The Bertz CT molecular complexity index is 730. The summed E-state index contributed by atoms with van der Waals surface area (Å²) in [4.78, 5) is 24.0. The predicted molar refractivity (Wildman–Crippen MR) is 75.2 cm³/mol. The molecule has 0 N–H and O–H groups in total. The van der Waals surface area contributed by atoms with E-state index >= 15 is 0 Å². The van der Waals surface area contributed by atoms with Gasteiger partial charge in [0.15, 0.2) is 6.29 Å². The van der Waals surface area contributed by atoms with Crippen LogP contribution in [0.4, 0.5) is 0 Å². The van der Waals surface area contributed by atoms with E-state index in [1.54, 1.807) is 24.4 Å². The lowest BCUT2D eigenvalue weighted by Gasteiger charge is -2.12. The zero-order valence-electron chi connectivity index (χ0n) is 11.6. The summed E-state index contributed by atoms with van der Waals surface area (Å²) >= 11 is 0. The van der Waals surface area contributed by atoms with Crippen LogP contribution in [0.25, 0.3) is 10.8 Å². The van der Waals surface area contributed by atoms with Gasteiger partial charge in [0.1, 0.15) is 0 Å². The van der Waals surface area contributed by atoms with Crippen molar-refractivity contribution in [1.82, 2.24) is 4.57 Å². The lowest BCUT2D eigenvalue weighted by Crippen LogP contribution is -2.26. The molecule has 0 saturated carbocycles. The van der Waals surface area contributed by atoms with Gasteiger partial charge in [-0.15, -0.1) is 0 Å². The largest absolute Gasteiger partial charge is 0.465 e. The van der Waals surface area contributed by atoms with Gasteiger partial charge >= 0.3 is 5.97 Å². The molecule has 1 saturated heterocycles. The van der Waals surface area contributed by atoms with E-state index in [1.165, 1.54) is 11.7 Å². The summed E-state index contributed by atoms with van der Waals surface area (Å²) < 4.78 is 16.9. The van der Waals surface area contributed by atoms with E-state index in [-0.39, 0.29) is 5.56 Å². The average molecular weight is 289 g/mol. The van der Waals surface area contributed by atoms with E-state index in [0.29, 0.717) is 30.7 Å². The highest BCUT2D eigenvalue weighted by Crippen LogP contribution is 2.14. The molecule has 0 atom stereocenters. The summed E-state index contributed by atoms with van der Waals surface area (Å²) in [6.07, 6.45) is 1.30. The molecular formula is C15H15NO5. The molecule has 1 aliphatic heterocycles. The molecule has 1 aliphatic rings. The summed E-state index contributed by atoms with van der Waals surface area (Å²) in [5.41, 5.74) is 0.172. The third-order valence-corrected chi connectivity index (χ3v) is 3.44. The van der Waals surface area contributed by atoms with Crippen molar-refractivity contribution in [2.75, 3.05) is 20.3 Å². The van der Waals surface area contributed by atoms with Gasteiger partial charge in [0.25, 0.3) is 5.56 Å². The van der Waals surface area contributed by atoms with Crippen LogP contribution in [-0.2, 0) is 20.8 Å². The second-order valence-corrected chi connectivity index (χ2v) is 4.74. The predicted octanol–water partition coefficient (Wildman–Crippen LogP) is 1.16. The van der Waals surface area contributed by atoms with E-state index in [2.05, 4.69) is 4.74 Å². The minimum Gasteiger partial charge on any atom is -0.465 e. The molecule has 0 amide bonds. The number of carbonyl (C=O) groups is 1. The fraction of sp³-hybridized carbons (Fsp3) is 0.333. The molecule has 0 spiro atoms. The number of benzene rings is 1. The Kier molecular flexibility index (Phi) is 3.72. The van der Waals surface area contributed by atoms with Crippen molar-refractivity contribution in [2.45, 2.75) is 12.8 Å². The van der Waals surface area contributed by atoms with E-state index in [9.17, 15) is 9.59 Å². The van der Waals surface area contributed by atoms with Crippen molar-refractivity contribution < 1.29 is 19.0 Å². The van der Waals surface area contributed by atoms with E-state index in [4.69, 9.17) is 9.47 Å². The number of fused-ring (bicyclic) bond motifs is 1. The van der Waals surface area contributed by atoms with Crippen LogP contribution in [-0.4, -0.2) is 37.1 Å². The summed E-state index contributed by atoms with van der Waals surface area (Å²) in [6, 6.07) is 6.75. The first-order valence-electron chi connectivity index (χ1n) is 6.64. The normalized spacial score (nSPS) is 15.5. The van der Waals surface area contributed by atoms with E-state index in [0.717, 1.165) is 5.39 Å². The molecule has 2 aromatic rings. The highest BCUT2D eigenvalue weighted by molar-refractivity contribution is 5.95. The van der Waals surface area contributed by atoms with Crippen LogP contribution < -0.4 is 5.56 Å². The highest BCUT2D eigenvalue weighted by Gasteiger charge is 2.17. The Labute approximate surface area is 120 Å². The molecule has 0 aliphatic carbocycles. The Morgan fingerprint density at radius 1 is 1.33 bits per heavy atom. The number of ether oxygens (including phenoxy) is 3. The lowest BCUT2D eigenvalue weighted by molar-refractivity contribution is -0.0529. The molecule has 1 fully saturated rings. The van der Waals surface area contributed by atoms with Crippen LogP contribution in [0.2, 0.25) is 0 Å². The maximum Gasteiger partial charge on any atom is 0.337 e. The Hall–Kier alpha value is -2.18. The van der Waals surface area contributed by atoms with Crippen LogP contribution in [0, 0.1) is 0 Å². The number of hydrogen-bond donors (Lipinski definition) is 0. The van der Waals surface area contributed by atoms with Gasteiger partial charge in [0.2, 0.25) is 0 Å². The fourth-order valence-electron chi connectivity index (χ4n) is 2.34. The van der Waals surface area contributed by atoms with Gasteiger partial charge in [-0.2, -0.15) is 0 Å². The molecule has 6 nitrogen and oxygen atoms in total. The Morgan fingerprint density at radius 3 is 2.81 bits per heavy atom. The summed E-state index contributed by atoms with van der Waals surface area (Å²) in [5, 5.41) is 1.25. The molecule has 6 heteroatoms. The standard InChI is InChI=1S/C15H15NO5/c1-19-15(18)11-3-2-10-4-5-16(14(17)12(10)8-11)9-13-20-6-7-21-13/h2-5,8,13H,6-7,9H2,1H3. The SMILES string of the molecule is COC(=O)c1ccc2ccn(CC3OCCO3)c(=O)c2c1. The van der Waals surface area contributed by atoms with Gasteiger partial charge in [0.05, 0.1) is 32.4 Å². The molecule has 3 rings (SSSR count). The van der Waals surface area contributed by atoms with E-state index in [1.807, 2.05) is 6.07 Å². The van der Waals surface area contributed by atoms with Crippen molar-refractivity contribution in [3.8, 4) is 0 Å². The molecule has 110 valence electrons. The number of pyridine rings is 1. The van der Waals surface area contributed by atoms with Gasteiger partial charge in [-0.05, 0) is 23.6 Å². The molecule has 1 aromatic heterocycles. The minimum absolute atomic E-state index is 0.183. The number of nitrogens with zero attached hydrogens (tertiary/aromatic N) is 1. The quantitative estimate of drug-likeness (QED) is 0.793. The topological polar surface area (TPSA) is 66.8 Å². The minimum atomic E-state index is -0.464. The van der Waals surface area contributed by atoms with Gasteiger partial charge in [-0.3, -0.25) is 4.79 Å². The number of aromatic nitrogens is 1. The number of rotatable bonds is 3. The number of esters is 1. The molecule has 1 aromatic carbocycles. The van der Waals surface area contributed by atoms with Crippen LogP contribution >= 0.6 is 0 Å². The number of hydrogen-bond acceptors (Lipinski definition) is 5. The second kappa shape index (κ2) is 5.67. The maximum absolute atomic E-state index is 12.5. The zero-order valence-corrected chi connectivity index (χ0v) is 11.6. The number of carbonyl (C=O) groups excluding carboxylic acids is 1. The zero-order chi connectivity index (χ0) is 14.8. The lowest BCUT2D eigenvalue weighted by atomic mass is 10.1. The van der Waals surface area contributed by atoms with Gasteiger partial charge in [0, 0.05) is 11.6 Å². The molecular weight excluding hydrogens is 274 g/mol. The second-order valence-electron chi connectivity index (χ2n) is 4.74. The molecule has 21 heavy (non-hydrogen) atoms. The van der Waals surface area contributed by atoms with Crippen LogP contribution in [0.1, 0.15) is 10.4 Å². The van der Waals surface area contributed by atoms with Crippen LogP contribution in [0.15, 0.2) is 35.3 Å². The summed E-state index contributed by atoms with van der Waals surface area (Å²) in [5.74, 6) is -0.464. The molecule has 0 unspecified atom stereocenters. The third-order valence-electron chi connectivity index (χ3n) is 3.44. The Morgan fingerprint density at radius 2 is 2.10 bits per heavy atom. The van der Waals surface area contributed by atoms with Crippen molar-refractivity contribution in [3.63, 3.8) is 0 Å². The van der Waals surface area contributed by atoms with Crippen molar-refractivity contribution in [3.05, 3.63) is 46.4 Å². The molecule has 2 heterocycles. The molecule has 0 bridgehead atoms. The van der Waals surface area contributed by atoms with Crippen LogP contribution in [0.3, 0.4) is 0 Å². The first-order chi connectivity index (χ1) is 10.2. The van der Waals surface area contributed by atoms with Crippen molar-refractivity contribution in [1.29, 1.82) is 0 Å². The maximum atomic E-state index is 12.5. The smallest absolute Gasteiger partial charge is 0.337 e. The van der Waals surface area contributed by atoms with Gasteiger partial charge in [-0.25, -0.2) is 4.79 Å². The first-order valence-corrected chi connectivity index (χ1v) is 6.64. The third kappa shape index (κ3) is 2.68. The van der Waals surface area contributed by atoms with Crippen molar-refractivity contribution >= 4 is 16.7 Å². The summed E-state index contributed by atoms with van der Waals surface area (Å²) in [6.45, 7) is 1.41. The average Bonchev–Trinajstić information content (AvgIpc) is 3.02. The highest BCUT2D eigenvalue weighted by atomic mass is 16.7. The number of methoxy groups -OCH3 is 1. The van der Waals surface area contributed by atoms with Crippen LogP contribution in [0.5, 0.6) is 0 Å². The van der Waals surface area contributed by atoms with E-state index < -0.39 is 12.3 Å². The molecule has 0 radical (unpaired) electrons. The van der Waals surface area contributed by atoms with Gasteiger partial charge < -0.3 is 18.8 Å². The Balaban J connectivity index is 2.01. The van der Waals surface area contributed by atoms with Crippen molar-refractivity contribution in [2.24, 2.45) is 0 Å². The van der Waals surface area contributed by atoms with Gasteiger partial charge in [-0.1, -0.05) is 6.07 Å². The summed E-state index contributed by atoms with van der Waals surface area (Å²) in [7, 11) is 1.31. The fourth-order valence-corrected chi connectivity index (χ4v) is 2.34. The first kappa shape index (κ1) is 13.8.